The number of rotatable bonds is 4. The lowest BCUT2D eigenvalue weighted by molar-refractivity contribution is -0.394. The Hall–Kier alpha value is -2.27. The molecule has 11 heteroatoms. The van der Waals surface area contributed by atoms with Gasteiger partial charge in [0.15, 0.2) is 0 Å². The van der Waals surface area contributed by atoms with Crippen molar-refractivity contribution in [1.29, 1.82) is 0 Å². The Bertz CT molecular complexity index is 580. The summed E-state index contributed by atoms with van der Waals surface area (Å²) in [5.74, 6) is -0.879. The van der Waals surface area contributed by atoms with Crippen molar-refractivity contribution in [3.05, 3.63) is 38.4 Å². The van der Waals surface area contributed by atoms with Gasteiger partial charge < -0.3 is 8.74 Å². The van der Waals surface area contributed by atoms with Crippen LogP contribution in [0.2, 0.25) is 0 Å². The predicted octanol–water partition coefficient (Wildman–Crippen LogP) is 0.342. The zero-order chi connectivity index (χ0) is 13.2. The molecule has 0 aliphatic heterocycles. The van der Waals surface area contributed by atoms with Crippen molar-refractivity contribution in [3.63, 3.8) is 0 Å². The standard InChI is InChI=1S/C6H4N2O8S/c9-7(10)4-1-2-6(16-17(13,14)15)5(3-4)8(11)12/h1-3H,(H,13,14,15)/p-1. The summed E-state index contributed by atoms with van der Waals surface area (Å²) in [6, 6.07) is 1.92. The molecule has 0 radical (unpaired) electrons. The fraction of sp³-hybridized carbons (Fsp3) is 0. The van der Waals surface area contributed by atoms with Gasteiger partial charge >= 0.3 is 5.69 Å². The Morgan fingerprint density at radius 3 is 2.12 bits per heavy atom. The van der Waals surface area contributed by atoms with E-state index in [1.54, 1.807) is 0 Å². The first-order valence-corrected chi connectivity index (χ1v) is 5.12. The molecule has 17 heavy (non-hydrogen) atoms. The number of hydrogen-bond acceptors (Lipinski definition) is 8. The fourth-order valence-corrected chi connectivity index (χ4v) is 1.30. The van der Waals surface area contributed by atoms with E-state index in [4.69, 9.17) is 0 Å². The van der Waals surface area contributed by atoms with Crippen LogP contribution < -0.4 is 4.18 Å². The second-order valence-electron chi connectivity index (χ2n) is 2.66. The van der Waals surface area contributed by atoms with Gasteiger partial charge in [-0.2, -0.15) is 0 Å². The van der Waals surface area contributed by atoms with E-state index in [1.807, 2.05) is 0 Å². The van der Waals surface area contributed by atoms with Crippen LogP contribution in [0.3, 0.4) is 0 Å². The lowest BCUT2D eigenvalue weighted by atomic mass is 10.2. The summed E-state index contributed by atoms with van der Waals surface area (Å²) in [4.78, 5) is 18.8. The van der Waals surface area contributed by atoms with Crippen LogP contribution in [0.15, 0.2) is 18.2 Å². The summed E-state index contributed by atoms with van der Waals surface area (Å²) in [6.07, 6.45) is 0. The summed E-state index contributed by atoms with van der Waals surface area (Å²) in [7, 11) is -5.19. The van der Waals surface area contributed by atoms with Gasteiger partial charge in [0.25, 0.3) is 16.1 Å². The van der Waals surface area contributed by atoms with E-state index in [0.29, 0.717) is 12.1 Å². The quantitative estimate of drug-likeness (QED) is 0.326. The molecule has 0 bridgehead atoms. The molecule has 0 spiro atoms. The molecule has 0 heterocycles. The molecule has 0 saturated carbocycles. The largest absolute Gasteiger partial charge is 0.716 e. The number of non-ortho nitro benzene ring substituents is 1. The Morgan fingerprint density at radius 1 is 1.12 bits per heavy atom. The van der Waals surface area contributed by atoms with E-state index >= 15 is 0 Å². The highest BCUT2D eigenvalue weighted by Gasteiger charge is 2.22. The zero-order valence-electron chi connectivity index (χ0n) is 7.80. The molecule has 0 unspecified atom stereocenters. The number of hydrogen-bond donors (Lipinski definition) is 0. The van der Waals surface area contributed by atoms with Crippen LogP contribution in [0.1, 0.15) is 0 Å². The van der Waals surface area contributed by atoms with Crippen LogP contribution in [0, 0.1) is 20.2 Å². The third-order valence-electron chi connectivity index (χ3n) is 1.54. The fourth-order valence-electron chi connectivity index (χ4n) is 0.942. The highest BCUT2D eigenvalue weighted by Crippen LogP contribution is 2.31. The van der Waals surface area contributed by atoms with Crippen LogP contribution in [-0.2, 0) is 10.4 Å². The third-order valence-corrected chi connectivity index (χ3v) is 1.93. The summed E-state index contributed by atoms with van der Waals surface area (Å²) in [5, 5.41) is 20.8. The first kappa shape index (κ1) is 12.8. The van der Waals surface area contributed by atoms with Gasteiger partial charge in [-0.3, -0.25) is 20.2 Å². The number of nitro groups is 2. The molecule has 1 aromatic carbocycles. The van der Waals surface area contributed by atoms with Gasteiger partial charge in [0.2, 0.25) is 5.75 Å². The molecule has 0 aliphatic carbocycles. The van der Waals surface area contributed by atoms with Gasteiger partial charge in [0.1, 0.15) is 0 Å². The molecule has 0 atom stereocenters. The summed E-state index contributed by atoms with van der Waals surface area (Å²) < 4.78 is 34.6. The molecule has 1 rings (SSSR count). The van der Waals surface area contributed by atoms with Crippen LogP contribution in [-0.4, -0.2) is 22.8 Å². The maximum absolute atomic E-state index is 10.5. The molecule has 0 N–H and O–H groups in total. The van der Waals surface area contributed by atoms with Gasteiger partial charge in [0, 0.05) is 6.07 Å². The van der Waals surface area contributed by atoms with E-state index < -0.39 is 37.4 Å². The lowest BCUT2D eigenvalue weighted by Gasteiger charge is -2.08. The molecule has 1 aromatic rings. The first-order valence-electron chi connectivity index (χ1n) is 3.79. The number of nitro benzene ring substituents is 2. The van der Waals surface area contributed by atoms with Crippen molar-refractivity contribution in [2.45, 2.75) is 0 Å². The zero-order valence-corrected chi connectivity index (χ0v) is 8.62. The minimum atomic E-state index is -5.19. The van der Waals surface area contributed by atoms with E-state index in [2.05, 4.69) is 4.18 Å². The molecule has 0 aliphatic rings. The Labute approximate surface area is 93.7 Å². The number of nitrogens with zero attached hydrogens (tertiary/aromatic N) is 2. The molecule has 92 valence electrons. The van der Waals surface area contributed by atoms with E-state index in [0.717, 1.165) is 6.07 Å². The maximum Gasteiger partial charge on any atom is 0.319 e. The molecule has 10 nitrogen and oxygen atoms in total. The van der Waals surface area contributed by atoms with Crippen LogP contribution >= 0.6 is 0 Å². The van der Waals surface area contributed by atoms with Crippen molar-refractivity contribution >= 4 is 21.8 Å². The predicted molar refractivity (Wildman–Crippen MR) is 50.1 cm³/mol. The summed E-state index contributed by atoms with van der Waals surface area (Å²) >= 11 is 0. The van der Waals surface area contributed by atoms with Gasteiger partial charge in [0.05, 0.1) is 15.9 Å². The van der Waals surface area contributed by atoms with E-state index in [-0.39, 0.29) is 0 Å². The number of benzene rings is 1. The Morgan fingerprint density at radius 2 is 1.71 bits per heavy atom. The van der Waals surface area contributed by atoms with Gasteiger partial charge in [-0.25, -0.2) is 8.42 Å². The van der Waals surface area contributed by atoms with Crippen molar-refractivity contribution in [3.8, 4) is 5.75 Å². The molecule has 0 fully saturated rings. The molecular weight excluding hydrogens is 260 g/mol. The van der Waals surface area contributed by atoms with E-state index in [1.165, 1.54) is 0 Å². The van der Waals surface area contributed by atoms with Crippen molar-refractivity contribution in [2.75, 3.05) is 0 Å². The first-order chi connectivity index (χ1) is 7.70. The normalized spacial score (nSPS) is 10.9. The Balaban J connectivity index is 3.32. The monoisotopic (exact) mass is 263 g/mol. The maximum atomic E-state index is 10.5. The average molecular weight is 263 g/mol. The van der Waals surface area contributed by atoms with Crippen LogP contribution in [0.25, 0.3) is 0 Å². The van der Waals surface area contributed by atoms with Crippen LogP contribution in [0.4, 0.5) is 11.4 Å². The molecular formula is C6H3N2O8S-. The van der Waals surface area contributed by atoms with Crippen molar-refractivity contribution < 1.29 is 27.0 Å². The minimum Gasteiger partial charge on any atom is -0.716 e. The third kappa shape index (κ3) is 3.35. The van der Waals surface area contributed by atoms with E-state index in [9.17, 15) is 33.2 Å². The van der Waals surface area contributed by atoms with Crippen LogP contribution in [0.5, 0.6) is 5.75 Å². The topological polar surface area (TPSA) is 153 Å². The Kier molecular flexibility index (Phi) is 3.24. The second kappa shape index (κ2) is 4.31. The lowest BCUT2D eigenvalue weighted by Crippen LogP contribution is -2.08. The highest BCUT2D eigenvalue weighted by molar-refractivity contribution is 7.81. The second-order valence-corrected chi connectivity index (χ2v) is 3.64. The van der Waals surface area contributed by atoms with Gasteiger partial charge in [-0.1, -0.05) is 0 Å². The summed E-state index contributed by atoms with van der Waals surface area (Å²) in [6.45, 7) is 0. The smallest absolute Gasteiger partial charge is 0.319 e. The molecule has 0 aromatic heterocycles. The molecule has 0 amide bonds. The SMILES string of the molecule is O=[N+]([O-])c1ccc(OS(=O)(=O)[O-])c([N+](=O)[O-])c1. The molecule has 0 saturated heterocycles. The van der Waals surface area contributed by atoms with Gasteiger partial charge in [-0.05, 0) is 6.07 Å². The van der Waals surface area contributed by atoms with Gasteiger partial charge in [-0.15, -0.1) is 0 Å². The van der Waals surface area contributed by atoms with Crippen molar-refractivity contribution in [2.24, 2.45) is 0 Å². The van der Waals surface area contributed by atoms with Crippen molar-refractivity contribution in [1.82, 2.24) is 0 Å². The highest BCUT2D eigenvalue weighted by atomic mass is 32.3. The summed E-state index contributed by atoms with van der Waals surface area (Å²) in [5.41, 5.74) is -1.62. The average Bonchev–Trinajstić information content (AvgIpc) is 2.14. The minimum absolute atomic E-state index is 0.487.